The Morgan fingerprint density at radius 1 is 1.12 bits per heavy atom. The average Bonchev–Trinajstić information content (AvgIpc) is 2.95. The van der Waals surface area contributed by atoms with Crippen molar-refractivity contribution in [3.8, 4) is 5.75 Å². The molecular formula is C22H27ClF6N4O8. The van der Waals surface area contributed by atoms with Crippen LogP contribution in [0.2, 0.25) is 0 Å². The van der Waals surface area contributed by atoms with E-state index in [0.29, 0.717) is 6.92 Å². The van der Waals surface area contributed by atoms with E-state index in [-0.39, 0.29) is 37.0 Å². The molecule has 3 amide bonds. The number of rotatable bonds is 10. The van der Waals surface area contributed by atoms with Gasteiger partial charge in [0.05, 0.1) is 18.8 Å². The van der Waals surface area contributed by atoms with Crippen molar-refractivity contribution in [2.75, 3.05) is 37.7 Å². The lowest BCUT2D eigenvalue weighted by Crippen LogP contribution is -2.63. The summed E-state index contributed by atoms with van der Waals surface area (Å²) in [5.41, 5.74) is 1.83. The molecule has 12 nitrogen and oxygen atoms in total. The SMILES string of the molecule is C[C@H]1Oc2ccc(F)cc2N(CCOC(=O)OCCN)C(=O)[C@H]1NC(=O)C(C)(O)C(=O)NCC(F)(F)C(F)(F)F.Cl. The molecule has 5 N–H and O–H groups in total. The zero-order valence-electron chi connectivity index (χ0n) is 21.4. The number of nitrogens with two attached hydrogens (primary N) is 1. The monoisotopic (exact) mass is 624 g/mol. The lowest BCUT2D eigenvalue weighted by molar-refractivity contribution is -0.278. The van der Waals surface area contributed by atoms with Crippen LogP contribution < -0.4 is 26.0 Å². The molecule has 0 saturated carbocycles. The number of alkyl halides is 5. The normalized spacial score (nSPS) is 18.5. The molecule has 1 unspecified atom stereocenters. The van der Waals surface area contributed by atoms with E-state index >= 15 is 0 Å². The van der Waals surface area contributed by atoms with Gasteiger partial charge in [0.15, 0.2) is 0 Å². The third-order valence-corrected chi connectivity index (χ3v) is 5.46. The number of fused-ring (bicyclic) bond motifs is 1. The molecule has 0 spiro atoms. The van der Waals surface area contributed by atoms with Gasteiger partial charge in [-0.15, -0.1) is 12.4 Å². The van der Waals surface area contributed by atoms with Crippen LogP contribution in [0.25, 0.3) is 0 Å². The van der Waals surface area contributed by atoms with Crippen LogP contribution in [0.1, 0.15) is 13.8 Å². The third kappa shape index (κ3) is 8.74. The minimum absolute atomic E-state index is 0. The Balaban J connectivity index is 0.00000840. The molecule has 1 aromatic carbocycles. The zero-order chi connectivity index (χ0) is 30.5. The molecule has 232 valence electrons. The number of anilines is 1. The van der Waals surface area contributed by atoms with Gasteiger partial charge in [0, 0.05) is 12.6 Å². The largest absolute Gasteiger partial charge is 0.508 e. The predicted molar refractivity (Wildman–Crippen MR) is 129 cm³/mol. The molecule has 0 bridgehead atoms. The number of carbonyl (C=O) groups is 4. The van der Waals surface area contributed by atoms with Crippen molar-refractivity contribution in [1.82, 2.24) is 10.6 Å². The molecule has 1 heterocycles. The highest BCUT2D eigenvalue weighted by atomic mass is 35.5. The molecule has 0 aliphatic carbocycles. The lowest BCUT2D eigenvalue weighted by Gasteiger charge is -2.29. The van der Waals surface area contributed by atoms with Crippen molar-refractivity contribution in [3.05, 3.63) is 24.0 Å². The molecule has 0 aromatic heterocycles. The van der Waals surface area contributed by atoms with Crippen LogP contribution in [0.3, 0.4) is 0 Å². The lowest BCUT2D eigenvalue weighted by atomic mass is 10.0. The van der Waals surface area contributed by atoms with E-state index in [2.05, 4.69) is 4.74 Å². The van der Waals surface area contributed by atoms with Gasteiger partial charge in [-0.25, -0.2) is 9.18 Å². The van der Waals surface area contributed by atoms with Gasteiger partial charge in [0.2, 0.25) is 5.60 Å². The second-order valence-electron chi connectivity index (χ2n) is 8.57. The first-order valence-corrected chi connectivity index (χ1v) is 11.5. The van der Waals surface area contributed by atoms with E-state index < -0.39 is 79.2 Å². The molecular weight excluding hydrogens is 598 g/mol. The van der Waals surface area contributed by atoms with Gasteiger partial charge in [-0.05, 0) is 26.0 Å². The molecule has 3 atom stereocenters. The second kappa shape index (κ2) is 13.9. The highest BCUT2D eigenvalue weighted by Crippen LogP contribution is 2.35. The summed E-state index contributed by atoms with van der Waals surface area (Å²) >= 11 is 0. The van der Waals surface area contributed by atoms with Crippen molar-refractivity contribution < 1.29 is 64.8 Å². The van der Waals surface area contributed by atoms with E-state index in [4.69, 9.17) is 15.2 Å². The summed E-state index contributed by atoms with van der Waals surface area (Å²) in [6.07, 6.45) is -8.40. The highest BCUT2D eigenvalue weighted by Gasteiger charge is 2.58. The summed E-state index contributed by atoms with van der Waals surface area (Å²) in [6.45, 7) is -1.57. The van der Waals surface area contributed by atoms with Gasteiger partial charge in [0.25, 0.3) is 17.7 Å². The molecule has 19 heteroatoms. The number of hydrogen-bond donors (Lipinski definition) is 4. The highest BCUT2D eigenvalue weighted by molar-refractivity contribution is 6.10. The predicted octanol–water partition coefficient (Wildman–Crippen LogP) is 1.02. The maximum atomic E-state index is 14.0. The fourth-order valence-corrected chi connectivity index (χ4v) is 3.22. The Morgan fingerprint density at radius 3 is 2.32 bits per heavy atom. The van der Waals surface area contributed by atoms with Gasteiger partial charge in [-0.1, -0.05) is 0 Å². The number of ether oxygens (including phenoxy) is 3. The smallest absolute Gasteiger partial charge is 0.486 e. The summed E-state index contributed by atoms with van der Waals surface area (Å²) in [4.78, 5) is 50.7. The van der Waals surface area contributed by atoms with Crippen molar-refractivity contribution in [2.24, 2.45) is 5.73 Å². The van der Waals surface area contributed by atoms with Crippen LogP contribution in [-0.4, -0.2) is 91.7 Å². The summed E-state index contributed by atoms with van der Waals surface area (Å²) < 4.78 is 92.5. The Hall–Kier alpha value is -3.51. The summed E-state index contributed by atoms with van der Waals surface area (Å²) in [7, 11) is 0. The first-order valence-electron chi connectivity index (χ1n) is 11.5. The maximum Gasteiger partial charge on any atom is 0.508 e. The molecule has 1 aromatic rings. The third-order valence-electron chi connectivity index (χ3n) is 5.46. The number of nitrogens with zero attached hydrogens (tertiary/aromatic N) is 1. The average molecular weight is 625 g/mol. The van der Waals surface area contributed by atoms with Crippen LogP contribution >= 0.6 is 12.4 Å². The number of hydrogen-bond acceptors (Lipinski definition) is 9. The van der Waals surface area contributed by atoms with Crippen LogP contribution in [0.4, 0.5) is 36.8 Å². The van der Waals surface area contributed by atoms with Gasteiger partial charge in [-0.3, -0.25) is 14.4 Å². The quantitative estimate of drug-likeness (QED) is 0.169. The molecule has 2 rings (SSSR count). The second-order valence-corrected chi connectivity index (χ2v) is 8.57. The van der Waals surface area contributed by atoms with Crippen molar-refractivity contribution in [3.63, 3.8) is 0 Å². The molecule has 0 fully saturated rings. The van der Waals surface area contributed by atoms with Crippen molar-refractivity contribution >= 4 is 42.0 Å². The van der Waals surface area contributed by atoms with Gasteiger partial charge < -0.3 is 40.6 Å². The van der Waals surface area contributed by atoms with Gasteiger partial charge in [-0.2, -0.15) is 22.0 Å². The fourth-order valence-electron chi connectivity index (χ4n) is 3.22. The maximum absolute atomic E-state index is 14.0. The summed E-state index contributed by atoms with van der Waals surface area (Å²) in [5, 5.41) is 13.5. The van der Waals surface area contributed by atoms with Crippen molar-refractivity contribution in [1.29, 1.82) is 0 Å². The minimum Gasteiger partial charge on any atom is -0.486 e. The number of halogens is 7. The number of carbonyl (C=O) groups excluding carboxylic acids is 4. The van der Waals surface area contributed by atoms with Crippen LogP contribution in [0, 0.1) is 5.82 Å². The number of nitrogens with one attached hydrogen (secondary N) is 2. The Kier molecular flexibility index (Phi) is 12.0. The Labute approximate surface area is 234 Å². The number of aliphatic hydroxyl groups is 1. The standard InChI is InChI=1S/C22H26F6N4O8.ClH/c1-11-15(31-18(35)20(2,37)17(34)30-10-21(24,25)22(26,27)28)16(33)32(6-8-39-19(36)38-7-5-29)13-9-12(23)3-4-14(13)40-11;/h3-4,9,11,15,37H,5-8,10,29H2,1-2H3,(H,30,34)(H,31,35);1H/t11-,15+,20?;/m1./s1. The summed E-state index contributed by atoms with van der Waals surface area (Å²) in [5.74, 6) is -10.8. The number of amides is 3. The number of benzene rings is 1. The van der Waals surface area contributed by atoms with Gasteiger partial charge >= 0.3 is 18.3 Å². The minimum atomic E-state index is -6.02. The Morgan fingerprint density at radius 2 is 1.73 bits per heavy atom. The van der Waals surface area contributed by atoms with E-state index in [9.17, 15) is 50.6 Å². The summed E-state index contributed by atoms with van der Waals surface area (Å²) in [6, 6.07) is 1.34. The van der Waals surface area contributed by atoms with Crippen LogP contribution in [0.15, 0.2) is 18.2 Å². The molecule has 1 aliphatic rings. The zero-order valence-corrected chi connectivity index (χ0v) is 22.2. The van der Waals surface area contributed by atoms with Crippen LogP contribution in [0.5, 0.6) is 5.75 Å². The van der Waals surface area contributed by atoms with E-state index in [0.717, 1.165) is 28.4 Å². The van der Waals surface area contributed by atoms with Crippen LogP contribution in [-0.2, 0) is 23.9 Å². The Bertz CT molecular complexity index is 1120. The van der Waals surface area contributed by atoms with Crippen molar-refractivity contribution in [2.45, 2.75) is 43.7 Å². The van der Waals surface area contributed by atoms with E-state index in [1.165, 1.54) is 6.92 Å². The molecule has 0 saturated heterocycles. The van der Waals surface area contributed by atoms with E-state index in [1.54, 1.807) is 0 Å². The first kappa shape index (κ1) is 35.5. The van der Waals surface area contributed by atoms with Gasteiger partial charge in [0.1, 0.15) is 36.9 Å². The first-order chi connectivity index (χ1) is 18.4. The van der Waals surface area contributed by atoms with E-state index in [1.807, 2.05) is 5.32 Å². The molecule has 1 aliphatic heterocycles. The molecule has 0 radical (unpaired) electrons. The molecule has 41 heavy (non-hydrogen) atoms. The topological polar surface area (TPSA) is 170 Å². The fraction of sp³-hybridized carbons (Fsp3) is 0.545.